The molecule has 2 rings (SSSR count). The predicted octanol–water partition coefficient (Wildman–Crippen LogP) is 2.90. The van der Waals surface area contributed by atoms with Gasteiger partial charge in [0.05, 0.1) is 16.7 Å². The van der Waals surface area contributed by atoms with E-state index in [1.807, 2.05) is 36.9 Å². The number of hydrogen-bond acceptors (Lipinski definition) is 4. The van der Waals surface area contributed by atoms with Gasteiger partial charge in [-0.15, -0.1) is 11.3 Å². The van der Waals surface area contributed by atoms with Crippen LogP contribution in [0.2, 0.25) is 0 Å². The number of carbonyl (C=O) groups is 1. The SMILES string of the molecule is CCCc1nc(C(=O)NCC(C)n2nc(C)cc2C)cs1. The summed E-state index contributed by atoms with van der Waals surface area (Å²) in [7, 11) is 0. The predicted molar refractivity (Wildman–Crippen MR) is 84.9 cm³/mol. The number of aryl methyl sites for hydroxylation is 3. The zero-order chi connectivity index (χ0) is 15.4. The Labute approximate surface area is 129 Å². The lowest BCUT2D eigenvalue weighted by atomic mass is 10.3. The highest BCUT2D eigenvalue weighted by molar-refractivity contribution is 7.09. The molecule has 2 aromatic heterocycles. The van der Waals surface area contributed by atoms with E-state index in [9.17, 15) is 4.79 Å². The van der Waals surface area contributed by atoms with E-state index in [-0.39, 0.29) is 11.9 Å². The number of aromatic nitrogens is 3. The van der Waals surface area contributed by atoms with E-state index in [4.69, 9.17) is 0 Å². The van der Waals surface area contributed by atoms with Crippen LogP contribution in [0, 0.1) is 13.8 Å². The Hall–Kier alpha value is -1.69. The Morgan fingerprint density at radius 2 is 2.24 bits per heavy atom. The third kappa shape index (κ3) is 3.91. The second-order valence-corrected chi connectivity index (χ2v) is 6.25. The number of carbonyl (C=O) groups excluding carboxylic acids is 1. The molecule has 6 heteroatoms. The fourth-order valence-corrected chi connectivity index (χ4v) is 3.13. The molecule has 1 amide bonds. The zero-order valence-electron chi connectivity index (χ0n) is 13.0. The van der Waals surface area contributed by atoms with Gasteiger partial charge in [0, 0.05) is 17.6 Å². The van der Waals surface area contributed by atoms with Crippen molar-refractivity contribution in [3.05, 3.63) is 33.5 Å². The van der Waals surface area contributed by atoms with Gasteiger partial charge in [0.15, 0.2) is 0 Å². The fraction of sp³-hybridized carbons (Fsp3) is 0.533. The van der Waals surface area contributed by atoms with Crippen molar-refractivity contribution in [1.82, 2.24) is 20.1 Å². The van der Waals surface area contributed by atoms with Crippen LogP contribution < -0.4 is 5.32 Å². The van der Waals surface area contributed by atoms with Crippen molar-refractivity contribution in [1.29, 1.82) is 0 Å². The molecule has 0 aliphatic carbocycles. The fourth-order valence-electron chi connectivity index (χ4n) is 2.25. The van der Waals surface area contributed by atoms with Gasteiger partial charge in [0.25, 0.3) is 5.91 Å². The van der Waals surface area contributed by atoms with Crippen LogP contribution in [0.3, 0.4) is 0 Å². The molecular formula is C15H22N4OS. The Morgan fingerprint density at radius 1 is 1.48 bits per heavy atom. The summed E-state index contributed by atoms with van der Waals surface area (Å²) in [6.07, 6.45) is 1.98. The maximum atomic E-state index is 12.1. The molecule has 0 saturated carbocycles. The van der Waals surface area contributed by atoms with Crippen molar-refractivity contribution in [2.45, 2.75) is 46.6 Å². The first-order valence-corrected chi connectivity index (χ1v) is 8.14. The molecule has 5 nitrogen and oxygen atoms in total. The van der Waals surface area contributed by atoms with Crippen LogP contribution in [0.5, 0.6) is 0 Å². The Bertz CT molecular complexity index is 617. The number of amides is 1. The highest BCUT2D eigenvalue weighted by Gasteiger charge is 2.14. The third-order valence-electron chi connectivity index (χ3n) is 3.27. The van der Waals surface area contributed by atoms with E-state index in [1.54, 1.807) is 11.3 Å². The highest BCUT2D eigenvalue weighted by atomic mass is 32.1. The lowest BCUT2D eigenvalue weighted by Crippen LogP contribution is -2.30. The van der Waals surface area contributed by atoms with Gasteiger partial charge in [-0.3, -0.25) is 9.48 Å². The third-order valence-corrected chi connectivity index (χ3v) is 4.18. The lowest BCUT2D eigenvalue weighted by molar-refractivity contribution is 0.0943. The molecule has 1 unspecified atom stereocenters. The van der Waals surface area contributed by atoms with Crippen molar-refractivity contribution >= 4 is 17.2 Å². The van der Waals surface area contributed by atoms with E-state index >= 15 is 0 Å². The van der Waals surface area contributed by atoms with Gasteiger partial charge in [-0.1, -0.05) is 6.92 Å². The average Bonchev–Trinajstić information content (AvgIpc) is 3.03. The number of hydrogen-bond donors (Lipinski definition) is 1. The molecule has 0 spiro atoms. The summed E-state index contributed by atoms with van der Waals surface area (Å²) < 4.78 is 1.94. The van der Waals surface area contributed by atoms with Crippen LogP contribution in [-0.4, -0.2) is 27.2 Å². The van der Waals surface area contributed by atoms with E-state index in [0.717, 1.165) is 29.2 Å². The number of thiazole rings is 1. The summed E-state index contributed by atoms with van der Waals surface area (Å²) in [5.41, 5.74) is 2.62. The highest BCUT2D eigenvalue weighted by Crippen LogP contribution is 2.13. The molecule has 0 aliphatic heterocycles. The van der Waals surface area contributed by atoms with Gasteiger partial charge in [-0.25, -0.2) is 4.98 Å². The van der Waals surface area contributed by atoms with Gasteiger partial charge >= 0.3 is 0 Å². The van der Waals surface area contributed by atoms with Crippen molar-refractivity contribution < 1.29 is 4.79 Å². The maximum absolute atomic E-state index is 12.1. The second kappa shape index (κ2) is 6.85. The first kappa shape index (κ1) is 15.7. The van der Waals surface area contributed by atoms with Crippen molar-refractivity contribution in [3.63, 3.8) is 0 Å². The first-order valence-electron chi connectivity index (χ1n) is 7.26. The molecule has 114 valence electrons. The normalized spacial score (nSPS) is 12.4. The summed E-state index contributed by atoms with van der Waals surface area (Å²) in [5, 5.41) is 10.2. The summed E-state index contributed by atoms with van der Waals surface area (Å²) >= 11 is 1.55. The van der Waals surface area contributed by atoms with Crippen molar-refractivity contribution in [2.75, 3.05) is 6.54 Å². The molecule has 2 heterocycles. The van der Waals surface area contributed by atoms with Crippen LogP contribution in [0.15, 0.2) is 11.4 Å². The monoisotopic (exact) mass is 306 g/mol. The minimum absolute atomic E-state index is 0.109. The molecule has 1 atom stereocenters. The van der Waals surface area contributed by atoms with Crippen LogP contribution in [0.1, 0.15) is 53.2 Å². The summed E-state index contributed by atoms with van der Waals surface area (Å²) in [4.78, 5) is 16.4. The Balaban J connectivity index is 1.92. The standard InChI is InChI=1S/C15H22N4OS/c1-5-6-14-17-13(9-21-14)15(20)16-8-12(4)19-11(3)7-10(2)18-19/h7,9,12H,5-6,8H2,1-4H3,(H,16,20). The largest absolute Gasteiger partial charge is 0.349 e. The van der Waals surface area contributed by atoms with Crippen LogP contribution in [-0.2, 0) is 6.42 Å². The van der Waals surface area contributed by atoms with Crippen LogP contribution >= 0.6 is 11.3 Å². The molecular weight excluding hydrogens is 284 g/mol. The topological polar surface area (TPSA) is 59.8 Å². The molecule has 0 saturated heterocycles. The molecule has 1 N–H and O–H groups in total. The van der Waals surface area contributed by atoms with E-state index < -0.39 is 0 Å². The number of rotatable bonds is 6. The molecule has 2 aromatic rings. The molecule has 0 aromatic carbocycles. The van der Waals surface area contributed by atoms with Gasteiger partial charge < -0.3 is 5.32 Å². The Kier molecular flexibility index (Phi) is 5.12. The lowest BCUT2D eigenvalue weighted by Gasteiger charge is -2.14. The average molecular weight is 306 g/mol. The van der Waals surface area contributed by atoms with E-state index in [1.165, 1.54) is 0 Å². The second-order valence-electron chi connectivity index (χ2n) is 5.31. The molecule has 21 heavy (non-hydrogen) atoms. The van der Waals surface area contributed by atoms with E-state index in [2.05, 4.69) is 22.3 Å². The molecule has 0 aliphatic rings. The van der Waals surface area contributed by atoms with Gasteiger partial charge in [-0.2, -0.15) is 5.10 Å². The summed E-state index contributed by atoms with van der Waals surface area (Å²) in [6.45, 7) is 8.69. The summed E-state index contributed by atoms with van der Waals surface area (Å²) in [5.74, 6) is -0.109. The van der Waals surface area contributed by atoms with Crippen LogP contribution in [0.25, 0.3) is 0 Å². The molecule has 0 bridgehead atoms. The van der Waals surface area contributed by atoms with Gasteiger partial charge in [0.2, 0.25) is 0 Å². The molecule has 0 radical (unpaired) electrons. The van der Waals surface area contributed by atoms with Crippen molar-refractivity contribution in [2.24, 2.45) is 0 Å². The van der Waals surface area contributed by atoms with Crippen LogP contribution in [0.4, 0.5) is 0 Å². The van der Waals surface area contributed by atoms with Gasteiger partial charge in [-0.05, 0) is 39.7 Å². The molecule has 0 fully saturated rings. The minimum Gasteiger partial charge on any atom is -0.349 e. The quantitative estimate of drug-likeness (QED) is 0.892. The number of nitrogens with one attached hydrogen (secondary N) is 1. The van der Waals surface area contributed by atoms with E-state index in [0.29, 0.717) is 12.2 Å². The zero-order valence-corrected chi connectivity index (χ0v) is 13.8. The summed E-state index contributed by atoms with van der Waals surface area (Å²) in [6, 6.07) is 2.16. The maximum Gasteiger partial charge on any atom is 0.270 e. The Morgan fingerprint density at radius 3 is 2.86 bits per heavy atom. The number of nitrogens with zero attached hydrogens (tertiary/aromatic N) is 3. The first-order chi connectivity index (χ1) is 10.0. The van der Waals surface area contributed by atoms with Crippen molar-refractivity contribution in [3.8, 4) is 0 Å². The van der Waals surface area contributed by atoms with Gasteiger partial charge in [0.1, 0.15) is 5.69 Å². The minimum atomic E-state index is -0.109. The smallest absolute Gasteiger partial charge is 0.270 e.